The first-order chi connectivity index (χ1) is 7.29. The average molecular weight is 220 g/mol. The summed E-state index contributed by atoms with van der Waals surface area (Å²) in [4.78, 5) is 13.3. The van der Waals surface area contributed by atoms with E-state index >= 15 is 0 Å². The summed E-state index contributed by atoms with van der Waals surface area (Å²) in [6, 6.07) is 0. The molecule has 0 aromatic carbocycles. The second kappa shape index (κ2) is 3.20. The zero-order valence-electron chi connectivity index (χ0n) is 8.51. The molecule has 78 valence electrons. The van der Waals surface area contributed by atoms with E-state index in [-0.39, 0.29) is 0 Å². The Kier molecular flexibility index (Phi) is 1.95. The van der Waals surface area contributed by atoms with Gasteiger partial charge in [-0.3, -0.25) is 0 Å². The molecule has 0 amide bonds. The van der Waals surface area contributed by atoms with E-state index in [1.54, 1.807) is 6.33 Å². The van der Waals surface area contributed by atoms with Crippen LogP contribution in [0.25, 0.3) is 11.5 Å². The van der Waals surface area contributed by atoms with Gasteiger partial charge in [0.25, 0.3) is 0 Å². The van der Waals surface area contributed by atoms with Crippen molar-refractivity contribution in [2.24, 2.45) is 0 Å². The van der Waals surface area contributed by atoms with E-state index in [1.807, 2.05) is 4.57 Å². The highest BCUT2D eigenvalue weighted by Crippen LogP contribution is 2.40. The van der Waals surface area contributed by atoms with E-state index in [4.69, 9.17) is 0 Å². The molecule has 0 spiro atoms. The lowest BCUT2D eigenvalue weighted by Crippen LogP contribution is -2.03. The maximum absolute atomic E-state index is 4.57. The first kappa shape index (κ1) is 9.15. The summed E-state index contributed by atoms with van der Waals surface area (Å²) >= 11 is 4.31. The number of hydrogen-bond acceptors (Lipinski definition) is 4. The topological polar surface area (TPSA) is 43.6 Å². The molecule has 2 heterocycles. The van der Waals surface area contributed by atoms with Crippen LogP contribution in [0, 0.1) is 0 Å². The fourth-order valence-electron chi connectivity index (χ4n) is 1.70. The molecule has 0 aromatic rings. The van der Waals surface area contributed by atoms with Crippen molar-refractivity contribution in [1.29, 1.82) is 0 Å². The summed E-state index contributed by atoms with van der Waals surface area (Å²) in [6.45, 7) is 2.94. The lowest BCUT2D eigenvalue weighted by atomic mass is 10.4. The smallest absolute Gasteiger partial charge is 0.164 e. The number of aryl methyl sites for hydroxylation is 1. The van der Waals surface area contributed by atoms with Gasteiger partial charge in [-0.25, -0.2) is 15.0 Å². The summed E-state index contributed by atoms with van der Waals surface area (Å²) in [5.74, 6) is 2.46. The Bertz CT molecular complexity index is 475. The molecule has 0 atom stereocenters. The third-order valence-corrected chi connectivity index (χ3v) is 3.07. The molecule has 3 rings (SSSR count). The highest BCUT2D eigenvalue weighted by Gasteiger charge is 2.30. The lowest BCUT2D eigenvalue weighted by molar-refractivity contribution is 0.715. The average Bonchev–Trinajstić information content (AvgIpc) is 2.99. The number of nitrogens with zero attached hydrogens (tertiary/aromatic N) is 4. The van der Waals surface area contributed by atoms with Crippen LogP contribution in [0.3, 0.4) is 0 Å². The molecule has 3 aliphatic rings. The second-order valence-electron chi connectivity index (χ2n) is 3.88. The van der Waals surface area contributed by atoms with Gasteiger partial charge in [-0.1, -0.05) is 0 Å². The van der Waals surface area contributed by atoms with Gasteiger partial charge in [0.1, 0.15) is 16.5 Å². The third kappa shape index (κ3) is 1.42. The molecule has 0 unspecified atom stereocenters. The van der Waals surface area contributed by atoms with Crippen LogP contribution < -0.4 is 0 Å². The van der Waals surface area contributed by atoms with Crippen LogP contribution in [0.4, 0.5) is 0 Å². The van der Waals surface area contributed by atoms with Gasteiger partial charge in [-0.15, -0.1) is 12.6 Å². The number of fused-ring (bicyclic) bond motifs is 1. The van der Waals surface area contributed by atoms with Crippen molar-refractivity contribution < 1.29 is 0 Å². The Morgan fingerprint density at radius 3 is 2.93 bits per heavy atom. The number of rotatable bonds is 2. The van der Waals surface area contributed by atoms with Gasteiger partial charge in [0.15, 0.2) is 5.82 Å². The number of aromatic nitrogens is 4. The molecule has 0 radical (unpaired) electrons. The first-order valence-electron chi connectivity index (χ1n) is 5.21. The standard InChI is InChI=1S/C10H12N4S/c1-2-14-5-11-10(15)7-9(14)13-8(12-7)6-3-4-6/h5-6,15H,2-4H2,1H3. The molecule has 4 nitrogen and oxygen atoms in total. The highest BCUT2D eigenvalue weighted by molar-refractivity contribution is 7.80. The molecule has 0 bridgehead atoms. The normalized spacial score (nSPS) is 16.1. The van der Waals surface area contributed by atoms with Crippen LogP contribution in [-0.4, -0.2) is 19.5 Å². The molecule has 2 aliphatic heterocycles. The monoisotopic (exact) mass is 220 g/mol. The summed E-state index contributed by atoms with van der Waals surface area (Å²) in [6.07, 6.45) is 4.21. The van der Waals surface area contributed by atoms with E-state index in [0.717, 1.165) is 23.9 Å². The fraction of sp³-hybridized carbons (Fsp3) is 0.500. The quantitative estimate of drug-likeness (QED) is 0.621. The Morgan fingerprint density at radius 1 is 1.47 bits per heavy atom. The van der Waals surface area contributed by atoms with Crippen molar-refractivity contribution in [3.05, 3.63) is 12.2 Å². The largest absolute Gasteiger partial charge is 0.315 e. The maximum Gasteiger partial charge on any atom is 0.164 e. The highest BCUT2D eigenvalue weighted by atomic mass is 32.1. The molecule has 1 fully saturated rings. The minimum atomic E-state index is 0.579. The summed E-state index contributed by atoms with van der Waals surface area (Å²) in [5, 5.41) is 0.675. The first-order valence-corrected chi connectivity index (χ1v) is 5.66. The summed E-state index contributed by atoms with van der Waals surface area (Å²) in [7, 11) is 0. The molecular formula is C10H12N4S. The molecule has 1 saturated carbocycles. The van der Waals surface area contributed by atoms with Crippen LogP contribution in [-0.2, 0) is 6.54 Å². The van der Waals surface area contributed by atoms with E-state index in [1.165, 1.54) is 12.8 Å². The molecule has 5 heteroatoms. The van der Waals surface area contributed by atoms with E-state index in [0.29, 0.717) is 10.9 Å². The van der Waals surface area contributed by atoms with Gasteiger partial charge in [-0.2, -0.15) is 0 Å². The fourth-order valence-corrected chi connectivity index (χ4v) is 1.90. The van der Waals surface area contributed by atoms with E-state index < -0.39 is 0 Å². The Labute approximate surface area is 93.5 Å². The van der Waals surface area contributed by atoms with Gasteiger partial charge in [0, 0.05) is 12.5 Å². The number of hydrogen-bond donors (Lipinski definition) is 1. The van der Waals surface area contributed by atoms with E-state index in [9.17, 15) is 0 Å². The van der Waals surface area contributed by atoms with Gasteiger partial charge in [-0.05, 0) is 19.8 Å². The van der Waals surface area contributed by atoms with Gasteiger partial charge in [0.2, 0.25) is 0 Å². The summed E-state index contributed by atoms with van der Waals surface area (Å²) < 4.78 is 2.01. The molecule has 15 heavy (non-hydrogen) atoms. The van der Waals surface area contributed by atoms with Crippen LogP contribution in [0.5, 0.6) is 0 Å². The van der Waals surface area contributed by atoms with Crippen LogP contribution in [0.15, 0.2) is 11.4 Å². The lowest BCUT2D eigenvalue weighted by Gasteiger charge is -2.07. The number of thiol groups is 1. The summed E-state index contributed by atoms with van der Waals surface area (Å²) in [5.41, 5.74) is 0.838. The molecule has 1 aliphatic carbocycles. The van der Waals surface area contributed by atoms with Crippen molar-refractivity contribution >= 4 is 12.6 Å². The number of imidazole rings is 1. The zero-order valence-corrected chi connectivity index (χ0v) is 9.41. The Morgan fingerprint density at radius 2 is 2.27 bits per heavy atom. The molecule has 0 aromatic heterocycles. The third-order valence-electron chi connectivity index (χ3n) is 2.75. The van der Waals surface area contributed by atoms with Crippen molar-refractivity contribution in [2.45, 2.75) is 37.3 Å². The van der Waals surface area contributed by atoms with Crippen LogP contribution in [0.1, 0.15) is 31.5 Å². The van der Waals surface area contributed by atoms with Gasteiger partial charge < -0.3 is 4.57 Å². The molecule has 0 saturated heterocycles. The van der Waals surface area contributed by atoms with Crippen molar-refractivity contribution in [3.63, 3.8) is 0 Å². The van der Waals surface area contributed by atoms with Gasteiger partial charge in [0.05, 0.1) is 6.33 Å². The minimum Gasteiger partial charge on any atom is -0.315 e. The van der Waals surface area contributed by atoms with Crippen molar-refractivity contribution in [3.8, 4) is 11.5 Å². The van der Waals surface area contributed by atoms with Crippen LogP contribution in [0.2, 0.25) is 0 Å². The van der Waals surface area contributed by atoms with Gasteiger partial charge >= 0.3 is 0 Å². The second-order valence-corrected chi connectivity index (χ2v) is 4.31. The van der Waals surface area contributed by atoms with Crippen molar-refractivity contribution in [1.82, 2.24) is 19.5 Å². The van der Waals surface area contributed by atoms with Crippen LogP contribution >= 0.6 is 12.6 Å². The zero-order chi connectivity index (χ0) is 10.4. The predicted octanol–water partition coefficient (Wildman–Crippen LogP) is 1.96. The molecular weight excluding hydrogens is 208 g/mol. The van der Waals surface area contributed by atoms with E-state index in [2.05, 4.69) is 34.5 Å². The predicted molar refractivity (Wildman–Crippen MR) is 59.3 cm³/mol. The minimum absolute atomic E-state index is 0.579. The Balaban J connectivity index is 2.20. The SMILES string of the molecule is CCn1cnc(S)c2nc(C3CC3)nc1-2. The van der Waals surface area contributed by atoms with Crippen molar-refractivity contribution in [2.75, 3.05) is 0 Å². The molecule has 0 N–H and O–H groups in total. The maximum atomic E-state index is 4.57. The Hall–Kier alpha value is -1.10.